The van der Waals surface area contributed by atoms with Crippen LogP contribution in [0.4, 0.5) is 0 Å². The molecule has 168 valence electrons. The number of pyridine rings is 1. The number of para-hydroxylation sites is 1. The minimum Gasteiger partial charge on any atom is -0.340 e. The molecule has 2 saturated heterocycles. The maximum atomic E-state index is 13.1. The van der Waals surface area contributed by atoms with Crippen LogP contribution in [-0.4, -0.2) is 78.4 Å². The number of amides is 1. The third kappa shape index (κ3) is 5.07. The van der Waals surface area contributed by atoms with E-state index in [1.165, 1.54) is 9.87 Å². The molecule has 0 aliphatic carbocycles. The Balaban J connectivity index is 1.33. The number of benzene rings is 1. The van der Waals surface area contributed by atoms with Crippen LogP contribution in [0, 0.1) is 5.92 Å². The van der Waals surface area contributed by atoms with Crippen LogP contribution in [0.5, 0.6) is 0 Å². The van der Waals surface area contributed by atoms with Crippen LogP contribution in [0.25, 0.3) is 10.9 Å². The smallest absolute Gasteiger partial charge is 0.227 e. The number of fused-ring (bicyclic) bond motifs is 1. The molecule has 2 aliphatic heterocycles. The molecule has 31 heavy (non-hydrogen) atoms. The molecule has 2 aromatic rings. The average Bonchev–Trinajstić information content (AvgIpc) is 2.79. The molecule has 8 heteroatoms. The van der Waals surface area contributed by atoms with E-state index in [1.807, 2.05) is 24.1 Å². The summed E-state index contributed by atoms with van der Waals surface area (Å²) in [5.41, 5.74) is 2.25. The van der Waals surface area contributed by atoms with E-state index in [1.54, 1.807) is 0 Å². The van der Waals surface area contributed by atoms with Gasteiger partial charge in [-0.05, 0) is 30.9 Å². The van der Waals surface area contributed by atoms with E-state index in [4.69, 9.17) is 0 Å². The lowest BCUT2D eigenvalue weighted by atomic mass is 9.97. The first-order chi connectivity index (χ1) is 15.0. The minimum atomic E-state index is -3.24. The monoisotopic (exact) mass is 444 g/mol. The van der Waals surface area contributed by atoms with E-state index >= 15 is 0 Å². The molecule has 1 aromatic heterocycles. The zero-order valence-electron chi connectivity index (χ0n) is 18.2. The molecule has 0 saturated carbocycles. The van der Waals surface area contributed by atoms with Crippen LogP contribution in [0.3, 0.4) is 0 Å². The van der Waals surface area contributed by atoms with Gasteiger partial charge in [0.25, 0.3) is 0 Å². The maximum absolute atomic E-state index is 13.1. The number of hydrogen-bond donors (Lipinski definition) is 0. The summed E-state index contributed by atoms with van der Waals surface area (Å²) >= 11 is 0. The van der Waals surface area contributed by atoms with Gasteiger partial charge in [0.1, 0.15) is 0 Å². The van der Waals surface area contributed by atoms with E-state index in [0.717, 1.165) is 43.4 Å². The van der Waals surface area contributed by atoms with Gasteiger partial charge in [-0.2, -0.15) is 0 Å². The number of rotatable bonds is 6. The fourth-order valence-electron chi connectivity index (χ4n) is 4.70. The molecule has 2 fully saturated rings. The van der Waals surface area contributed by atoms with Crippen molar-refractivity contribution in [3.05, 3.63) is 42.1 Å². The van der Waals surface area contributed by atoms with Crippen LogP contribution < -0.4 is 0 Å². The summed E-state index contributed by atoms with van der Waals surface area (Å²) in [6, 6.07) is 10.3. The number of sulfonamides is 1. The number of aromatic nitrogens is 1. The second-order valence-corrected chi connectivity index (χ2v) is 10.7. The first kappa shape index (κ1) is 22.2. The van der Waals surface area contributed by atoms with Crippen LogP contribution >= 0.6 is 0 Å². The quantitative estimate of drug-likeness (QED) is 0.684. The SMILES string of the molecule is CCCS(=O)(=O)N1CCCC(C(=O)N2CCN(Cc3cccc4cccnc34)CC2)C1. The summed E-state index contributed by atoms with van der Waals surface area (Å²) in [6.07, 6.45) is 3.97. The second-order valence-electron chi connectivity index (χ2n) is 8.61. The standard InChI is InChI=1S/C23H32N4O3S/c1-2-16-31(29,30)27-11-5-9-21(18-27)23(28)26-14-12-25(13-15-26)17-20-7-3-6-19-8-4-10-24-22(19)20/h3-4,6-8,10,21H,2,5,9,11-18H2,1H3. The summed E-state index contributed by atoms with van der Waals surface area (Å²) < 4.78 is 26.4. The lowest BCUT2D eigenvalue weighted by molar-refractivity contribution is -0.138. The van der Waals surface area contributed by atoms with Crippen molar-refractivity contribution in [3.63, 3.8) is 0 Å². The van der Waals surface area contributed by atoms with Gasteiger partial charge in [-0.1, -0.05) is 31.2 Å². The van der Waals surface area contributed by atoms with Crippen molar-refractivity contribution in [3.8, 4) is 0 Å². The summed E-state index contributed by atoms with van der Waals surface area (Å²) in [5, 5.41) is 1.15. The fourth-order valence-corrected chi connectivity index (χ4v) is 6.29. The molecule has 0 N–H and O–H groups in total. The highest BCUT2D eigenvalue weighted by molar-refractivity contribution is 7.89. The maximum Gasteiger partial charge on any atom is 0.227 e. The summed E-state index contributed by atoms with van der Waals surface area (Å²) in [7, 11) is -3.24. The van der Waals surface area contributed by atoms with Gasteiger partial charge in [0, 0.05) is 57.4 Å². The van der Waals surface area contributed by atoms with Crippen molar-refractivity contribution in [2.75, 3.05) is 45.0 Å². The molecule has 0 radical (unpaired) electrons. The van der Waals surface area contributed by atoms with Crippen LogP contribution in [0.2, 0.25) is 0 Å². The topological polar surface area (TPSA) is 73.8 Å². The highest BCUT2D eigenvalue weighted by Gasteiger charge is 2.34. The Morgan fingerprint density at radius 2 is 1.87 bits per heavy atom. The Hall–Kier alpha value is -2.03. The lowest BCUT2D eigenvalue weighted by Gasteiger charge is -2.38. The predicted molar refractivity (Wildman–Crippen MR) is 122 cm³/mol. The molecule has 0 spiro atoms. The van der Waals surface area contributed by atoms with Crippen molar-refractivity contribution >= 4 is 26.8 Å². The molecule has 4 rings (SSSR count). The molecule has 0 bridgehead atoms. The number of carbonyl (C=O) groups excluding carboxylic acids is 1. The van der Waals surface area contributed by atoms with E-state index < -0.39 is 10.0 Å². The Bertz CT molecular complexity index is 1010. The first-order valence-corrected chi connectivity index (χ1v) is 12.9. The molecule has 1 aromatic carbocycles. The van der Waals surface area contributed by atoms with E-state index in [2.05, 4.69) is 34.1 Å². The molecule has 1 unspecified atom stereocenters. The van der Waals surface area contributed by atoms with Gasteiger partial charge in [0.15, 0.2) is 0 Å². The first-order valence-electron chi connectivity index (χ1n) is 11.3. The van der Waals surface area contributed by atoms with Crippen LogP contribution in [0.15, 0.2) is 36.5 Å². The fraction of sp³-hybridized carbons (Fsp3) is 0.565. The van der Waals surface area contributed by atoms with Gasteiger partial charge in [0.05, 0.1) is 17.2 Å². The normalized spacial score (nSPS) is 21.5. The van der Waals surface area contributed by atoms with Gasteiger partial charge in [0.2, 0.25) is 15.9 Å². The van der Waals surface area contributed by atoms with Crippen molar-refractivity contribution < 1.29 is 13.2 Å². The van der Waals surface area contributed by atoms with Crippen molar-refractivity contribution in [1.82, 2.24) is 19.1 Å². The largest absolute Gasteiger partial charge is 0.340 e. The summed E-state index contributed by atoms with van der Waals surface area (Å²) in [6.45, 7) is 6.59. The summed E-state index contributed by atoms with van der Waals surface area (Å²) in [4.78, 5) is 21.9. The molecule has 1 atom stereocenters. The van der Waals surface area contributed by atoms with Crippen molar-refractivity contribution in [2.45, 2.75) is 32.7 Å². The highest BCUT2D eigenvalue weighted by Crippen LogP contribution is 2.23. The van der Waals surface area contributed by atoms with Crippen LogP contribution in [0.1, 0.15) is 31.7 Å². The van der Waals surface area contributed by atoms with Gasteiger partial charge in [-0.3, -0.25) is 14.7 Å². The minimum absolute atomic E-state index is 0.114. The number of hydrogen-bond acceptors (Lipinski definition) is 5. The molecule has 2 aliphatic rings. The van der Waals surface area contributed by atoms with Gasteiger partial charge in [-0.15, -0.1) is 0 Å². The zero-order chi connectivity index (χ0) is 21.8. The number of nitrogens with zero attached hydrogens (tertiary/aromatic N) is 4. The summed E-state index contributed by atoms with van der Waals surface area (Å²) in [5.74, 6) is 0.0624. The molecule has 3 heterocycles. The van der Waals surface area contributed by atoms with Crippen LogP contribution in [-0.2, 0) is 21.4 Å². The predicted octanol–water partition coefficient (Wildman–Crippen LogP) is 2.33. The Morgan fingerprint density at radius 3 is 2.65 bits per heavy atom. The number of piperidine rings is 1. The van der Waals surface area contributed by atoms with Crippen molar-refractivity contribution in [1.29, 1.82) is 0 Å². The van der Waals surface area contributed by atoms with Crippen molar-refractivity contribution in [2.24, 2.45) is 5.92 Å². The third-order valence-corrected chi connectivity index (χ3v) is 8.43. The third-order valence-electron chi connectivity index (χ3n) is 6.38. The van der Waals surface area contributed by atoms with Gasteiger partial charge < -0.3 is 4.90 Å². The zero-order valence-corrected chi connectivity index (χ0v) is 19.1. The number of piperazine rings is 1. The molecule has 7 nitrogen and oxygen atoms in total. The van der Waals surface area contributed by atoms with Gasteiger partial charge in [-0.25, -0.2) is 12.7 Å². The van der Waals surface area contributed by atoms with Gasteiger partial charge >= 0.3 is 0 Å². The molecular weight excluding hydrogens is 412 g/mol. The number of carbonyl (C=O) groups is 1. The van der Waals surface area contributed by atoms with E-state index in [-0.39, 0.29) is 17.6 Å². The lowest BCUT2D eigenvalue weighted by Crippen LogP contribution is -2.52. The Kier molecular flexibility index (Phi) is 6.89. The molecule has 1 amide bonds. The Morgan fingerprint density at radius 1 is 1.10 bits per heavy atom. The van der Waals surface area contributed by atoms with E-state index in [0.29, 0.717) is 32.6 Å². The average molecular weight is 445 g/mol. The highest BCUT2D eigenvalue weighted by atomic mass is 32.2. The molecular formula is C23H32N4O3S. The second kappa shape index (κ2) is 9.63. The Labute approximate surface area is 185 Å². The van der Waals surface area contributed by atoms with E-state index in [9.17, 15) is 13.2 Å².